The Kier molecular flexibility index (Phi) is 5.89. The number of ether oxygens (including phenoxy) is 1. The molecular formula is C15H23NOS. The topological polar surface area (TPSA) is 21.6 Å². The van der Waals surface area contributed by atoms with E-state index >= 15 is 0 Å². The Morgan fingerprint density at radius 1 is 1.22 bits per heavy atom. The zero-order chi connectivity index (χ0) is 13.6. The number of hydrogen-bond donors (Lipinski definition) is 0. The first-order valence-electron chi connectivity index (χ1n) is 6.29. The van der Waals surface area contributed by atoms with Gasteiger partial charge in [0.25, 0.3) is 0 Å². The predicted molar refractivity (Wildman–Crippen MR) is 81.3 cm³/mol. The van der Waals surface area contributed by atoms with Gasteiger partial charge in [-0.05, 0) is 57.7 Å². The molecule has 0 amide bonds. The summed E-state index contributed by atoms with van der Waals surface area (Å²) in [6.07, 6.45) is 2.18. The lowest BCUT2D eigenvalue weighted by Crippen LogP contribution is -2.05. The maximum absolute atomic E-state index is 5.56. The van der Waals surface area contributed by atoms with Crippen molar-refractivity contribution in [2.24, 2.45) is 4.40 Å². The van der Waals surface area contributed by atoms with Crippen molar-refractivity contribution in [2.45, 2.75) is 52.1 Å². The molecule has 3 heteroatoms. The van der Waals surface area contributed by atoms with E-state index in [0.29, 0.717) is 6.61 Å². The first-order valence-corrected chi connectivity index (χ1v) is 7.06. The van der Waals surface area contributed by atoms with Gasteiger partial charge in [-0.1, -0.05) is 24.3 Å². The van der Waals surface area contributed by atoms with Gasteiger partial charge in [-0.25, -0.2) is 4.40 Å². The standard InChI is InChI=1S/C15H23NOS/c1-12(2)17-11-14-8-6-13(7-9-14)10-16-18-15(3,4)5/h6-10,12H,11H2,1-5H3/b16-10+. The zero-order valence-electron chi connectivity index (χ0n) is 11.9. The van der Waals surface area contributed by atoms with Gasteiger partial charge in [0.1, 0.15) is 0 Å². The molecule has 0 aliphatic heterocycles. The predicted octanol–water partition coefficient (Wildman–Crippen LogP) is 4.48. The van der Waals surface area contributed by atoms with Crippen molar-refractivity contribution in [2.75, 3.05) is 0 Å². The first kappa shape index (κ1) is 15.3. The quantitative estimate of drug-likeness (QED) is 0.578. The van der Waals surface area contributed by atoms with Crippen LogP contribution < -0.4 is 0 Å². The summed E-state index contributed by atoms with van der Waals surface area (Å²) >= 11 is 1.59. The van der Waals surface area contributed by atoms with Gasteiger partial charge in [-0.2, -0.15) is 0 Å². The van der Waals surface area contributed by atoms with E-state index in [1.807, 2.05) is 20.1 Å². The molecule has 18 heavy (non-hydrogen) atoms. The minimum absolute atomic E-state index is 0.168. The summed E-state index contributed by atoms with van der Waals surface area (Å²) in [6.45, 7) is 11.2. The molecule has 1 rings (SSSR count). The van der Waals surface area contributed by atoms with Crippen LogP contribution in [0, 0.1) is 0 Å². The van der Waals surface area contributed by atoms with Crippen LogP contribution in [0.3, 0.4) is 0 Å². The molecule has 0 bridgehead atoms. The molecule has 0 saturated carbocycles. The molecule has 0 unspecified atom stereocenters. The van der Waals surface area contributed by atoms with Crippen molar-refractivity contribution in [3.8, 4) is 0 Å². The molecule has 0 aliphatic rings. The highest BCUT2D eigenvalue weighted by molar-refractivity contribution is 7.99. The summed E-state index contributed by atoms with van der Waals surface area (Å²) < 4.78 is 10.1. The average Bonchev–Trinajstić information content (AvgIpc) is 2.26. The van der Waals surface area contributed by atoms with E-state index in [2.05, 4.69) is 49.4 Å². The smallest absolute Gasteiger partial charge is 0.0720 e. The Morgan fingerprint density at radius 2 is 1.83 bits per heavy atom. The molecule has 0 spiro atoms. The van der Waals surface area contributed by atoms with E-state index in [-0.39, 0.29) is 10.9 Å². The fourth-order valence-corrected chi connectivity index (χ4v) is 1.70. The Bertz CT molecular complexity index is 376. The lowest BCUT2D eigenvalue weighted by Gasteiger charge is -2.12. The van der Waals surface area contributed by atoms with Gasteiger partial charge < -0.3 is 4.74 Å². The van der Waals surface area contributed by atoms with Crippen molar-refractivity contribution < 1.29 is 4.74 Å². The van der Waals surface area contributed by atoms with Crippen molar-refractivity contribution >= 4 is 18.2 Å². The molecule has 0 aliphatic carbocycles. The molecule has 0 saturated heterocycles. The molecule has 1 aromatic rings. The number of rotatable bonds is 5. The van der Waals surface area contributed by atoms with Crippen LogP contribution in [0.2, 0.25) is 0 Å². The molecule has 0 fully saturated rings. The van der Waals surface area contributed by atoms with E-state index in [4.69, 9.17) is 4.74 Å². The van der Waals surface area contributed by atoms with Crippen LogP contribution in [0.5, 0.6) is 0 Å². The highest BCUT2D eigenvalue weighted by Gasteiger charge is 2.08. The zero-order valence-corrected chi connectivity index (χ0v) is 12.8. The third-order valence-corrected chi connectivity index (χ3v) is 2.85. The van der Waals surface area contributed by atoms with Crippen molar-refractivity contribution in [3.63, 3.8) is 0 Å². The van der Waals surface area contributed by atoms with Crippen LogP contribution in [0.1, 0.15) is 45.7 Å². The second-order valence-corrected chi connectivity index (χ2v) is 7.16. The third-order valence-electron chi connectivity index (χ3n) is 2.09. The van der Waals surface area contributed by atoms with E-state index < -0.39 is 0 Å². The molecule has 0 N–H and O–H groups in total. The van der Waals surface area contributed by atoms with Crippen LogP contribution in [-0.2, 0) is 11.3 Å². The molecule has 0 radical (unpaired) electrons. The lowest BCUT2D eigenvalue weighted by atomic mass is 10.1. The van der Waals surface area contributed by atoms with Gasteiger partial charge >= 0.3 is 0 Å². The maximum atomic E-state index is 5.56. The van der Waals surface area contributed by atoms with E-state index in [9.17, 15) is 0 Å². The fourth-order valence-electron chi connectivity index (χ4n) is 1.21. The highest BCUT2D eigenvalue weighted by Crippen LogP contribution is 2.23. The summed E-state index contributed by atoms with van der Waals surface area (Å²) in [5, 5.41) is 0. The molecule has 0 aromatic heterocycles. The summed E-state index contributed by atoms with van der Waals surface area (Å²) in [6, 6.07) is 8.33. The molecule has 0 atom stereocenters. The fraction of sp³-hybridized carbons (Fsp3) is 0.533. The summed E-state index contributed by atoms with van der Waals surface area (Å²) in [5.74, 6) is 0. The van der Waals surface area contributed by atoms with Crippen LogP contribution in [0.25, 0.3) is 0 Å². The van der Waals surface area contributed by atoms with Gasteiger partial charge in [-0.15, -0.1) is 0 Å². The van der Waals surface area contributed by atoms with Crippen LogP contribution >= 0.6 is 11.9 Å². The molecule has 0 heterocycles. The highest BCUT2D eigenvalue weighted by atomic mass is 32.2. The Labute approximate surface area is 115 Å². The average molecular weight is 265 g/mol. The van der Waals surface area contributed by atoms with E-state index in [1.54, 1.807) is 11.9 Å². The normalized spacial score (nSPS) is 12.6. The van der Waals surface area contributed by atoms with Crippen LogP contribution in [-0.4, -0.2) is 17.1 Å². The minimum Gasteiger partial charge on any atom is -0.374 e. The van der Waals surface area contributed by atoms with Gasteiger partial charge in [0.2, 0.25) is 0 Å². The SMILES string of the molecule is CC(C)OCc1ccc(/C=N/SC(C)(C)C)cc1. The summed E-state index contributed by atoms with van der Waals surface area (Å²) in [5.41, 5.74) is 2.32. The number of benzene rings is 1. The van der Waals surface area contributed by atoms with Gasteiger partial charge in [0, 0.05) is 11.0 Å². The Morgan fingerprint density at radius 3 is 2.33 bits per heavy atom. The second-order valence-electron chi connectivity index (χ2n) is 5.54. The lowest BCUT2D eigenvalue weighted by molar-refractivity contribution is 0.0657. The minimum atomic E-state index is 0.168. The van der Waals surface area contributed by atoms with Crippen molar-refractivity contribution in [3.05, 3.63) is 35.4 Å². The molecule has 2 nitrogen and oxygen atoms in total. The van der Waals surface area contributed by atoms with E-state index in [0.717, 1.165) is 5.56 Å². The maximum Gasteiger partial charge on any atom is 0.0720 e. The second kappa shape index (κ2) is 6.95. The van der Waals surface area contributed by atoms with Crippen LogP contribution in [0.15, 0.2) is 28.7 Å². The van der Waals surface area contributed by atoms with Crippen molar-refractivity contribution in [1.29, 1.82) is 0 Å². The van der Waals surface area contributed by atoms with Crippen LogP contribution in [0.4, 0.5) is 0 Å². The molecular weight excluding hydrogens is 242 g/mol. The first-order chi connectivity index (χ1) is 8.37. The third kappa shape index (κ3) is 6.82. The monoisotopic (exact) mass is 265 g/mol. The molecule has 1 aromatic carbocycles. The van der Waals surface area contributed by atoms with E-state index in [1.165, 1.54) is 5.56 Å². The van der Waals surface area contributed by atoms with Crippen molar-refractivity contribution in [1.82, 2.24) is 0 Å². The summed E-state index contributed by atoms with van der Waals surface area (Å²) in [7, 11) is 0. The number of nitrogens with zero attached hydrogens (tertiary/aromatic N) is 1. The Hall–Kier alpha value is -0.800. The number of hydrogen-bond acceptors (Lipinski definition) is 3. The largest absolute Gasteiger partial charge is 0.374 e. The van der Waals surface area contributed by atoms with Gasteiger partial charge in [0.15, 0.2) is 0 Å². The summed E-state index contributed by atoms with van der Waals surface area (Å²) in [4.78, 5) is 0. The molecule has 100 valence electrons. The van der Waals surface area contributed by atoms with Gasteiger partial charge in [-0.3, -0.25) is 0 Å². The van der Waals surface area contributed by atoms with Gasteiger partial charge in [0.05, 0.1) is 12.7 Å². The Balaban J connectivity index is 2.50.